The fraction of sp³-hybridized carbons (Fsp3) is 1.00. The summed E-state index contributed by atoms with van der Waals surface area (Å²) in [5.41, 5.74) is 0.564. The van der Waals surface area contributed by atoms with Gasteiger partial charge >= 0.3 is 0 Å². The Balaban J connectivity index is 2.58. The molecule has 0 spiro atoms. The molecule has 1 heteroatoms. The van der Waals surface area contributed by atoms with Gasteiger partial charge in [0.15, 0.2) is 0 Å². The number of hydrogen-bond donors (Lipinski definition) is 0. The fourth-order valence-corrected chi connectivity index (χ4v) is 0.873. The lowest BCUT2D eigenvalue weighted by molar-refractivity contribution is 0.149. The van der Waals surface area contributed by atoms with Crippen LogP contribution in [0.3, 0.4) is 0 Å². The minimum atomic E-state index is 0.196. The number of rotatable bonds is 2. The SMILES string of the molecule is CCC(C)(C)C1(C)CO1. The third-order valence-corrected chi connectivity index (χ3v) is 2.89. The summed E-state index contributed by atoms with van der Waals surface area (Å²) in [5, 5.41) is 0. The summed E-state index contributed by atoms with van der Waals surface area (Å²) in [5.74, 6) is 0. The molecule has 1 heterocycles. The van der Waals surface area contributed by atoms with Gasteiger partial charge in [0.05, 0.1) is 12.2 Å². The highest BCUT2D eigenvalue weighted by Gasteiger charge is 2.51. The Morgan fingerprint density at radius 2 is 2.00 bits per heavy atom. The van der Waals surface area contributed by atoms with E-state index in [9.17, 15) is 0 Å². The maximum atomic E-state index is 5.35. The highest BCUT2D eigenvalue weighted by Crippen LogP contribution is 2.45. The molecule has 1 rings (SSSR count). The van der Waals surface area contributed by atoms with Crippen LogP contribution >= 0.6 is 0 Å². The summed E-state index contributed by atoms with van der Waals surface area (Å²) in [6, 6.07) is 0. The second-order valence-corrected chi connectivity index (χ2v) is 3.76. The molecule has 1 fully saturated rings. The van der Waals surface area contributed by atoms with Crippen LogP contribution in [0.5, 0.6) is 0 Å². The van der Waals surface area contributed by atoms with Gasteiger partial charge in [-0.25, -0.2) is 0 Å². The number of epoxide rings is 1. The predicted molar refractivity (Wildman–Crippen MR) is 38.4 cm³/mol. The van der Waals surface area contributed by atoms with Gasteiger partial charge in [-0.1, -0.05) is 20.8 Å². The third-order valence-electron chi connectivity index (χ3n) is 2.89. The smallest absolute Gasteiger partial charge is 0.0939 e. The molecule has 0 aromatic heterocycles. The van der Waals surface area contributed by atoms with Crippen LogP contribution in [0, 0.1) is 5.41 Å². The first-order valence-corrected chi connectivity index (χ1v) is 3.66. The van der Waals surface area contributed by atoms with E-state index in [1.54, 1.807) is 0 Å². The second-order valence-electron chi connectivity index (χ2n) is 3.76. The van der Waals surface area contributed by atoms with Crippen molar-refractivity contribution in [3.8, 4) is 0 Å². The molecule has 0 saturated carbocycles. The van der Waals surface area contributed by atoms with Crippen LogP contribution in [0.1, 0.15) is 34.1 Å². The number of hydrogen-bond acceptors (Lipinski definition) is 1. The molecule has 1 nitrogen and oxygen atoms in total. The van der Waals surface area contributed by atoms with Gasteiger partial charge in [0, 0.05) is 0 Å². The fourth-order valence-electron chi connectivity index (χ4n) is 0.873. The minimum absolute atomic E-state index is 0.196. The van der Waals surface area contributed by atoms with Crippen LogP contribution in [-0.2, 0) is 4.74 Å². The van der Waals surface area contributed by atoms with Gasteiger partial charge in [0.1, 0.15) is 0 Å². The van der Waals surface area contributed by atoms with Crippen LogP contribution in [0.25, 0.3) is 0 Å². The lowest BCUT2D eigenvalue weighted by Crippen LogP contribution is -2.28. The molecule has 0 radical (unpaired) electrons. The van der Waals surface area contributed by atoms with Gasteiger partial charge < -0.3 is 4.74 Å². The van der Waals surface area contributed by atoms with E-state index < -0.39 is 0 Å². The van der Waals surface area contributed by atoms with Crippen molar-refractivity contribution < 1.29 is 4.74 Å². The normalized spacial score (nSPS) is 34.7. The number of ether oxygens (including phenoxy) is 1. The Hall–Kier alpha value is -0.0400. The van der Waals surface area contributed by atoms with Crippen molar-refractivity contribution in [1.82, 2.24) is 0 Å². The van der Waals surface area contributed by atoms with E-state index >= 15 is 0 Å². The summed E-state index contributed by atoms with van der Waals surface area (Å²) >= 11 is 0. The van der Waals surface area contributed by atoms with Gasteiger partial charge in [-0.15, -0.1) is 0 Å². The molecule has 1 atom stereocenters. The van der Waals surface area contributed by atoms with Crippen LogP contribution in [0.15, 0.2) is 0 Å². The van der Waals surface area contributed by atoms with Crippen molar-refractivity contribution in [2.45, 2.75) is 39.7 Å². The minimum Gasteiger partial charge on any atom is -0.369 e. The van der Waals surface area contributed by atoms with Crippen molar-refractivity contribution in [2.24, 2.45) is 5.41 Å². The lowest BCUT2D eigenvalue weighted by atomic mass is 9.78. The third kappa shape index (κ3) is 0.983. The van der Waals surface area contributed by atoms with E-state index in [0.717, 1.165) is 6.61 Å². The zero-order valence-electron chi connectivity index (χ0n) is 6.82. The molecule has 1 aliphatic rings. The molecule has 54 valence electrons. The van der Waals surface area contributed by atoms with Crippen LogP contribution < -0.4 is 0 Å². The molecule has 0 amide bonds. The first kappa shape index (κ1) is 7.07. The predicted octanol–water partition coefficient (Wildman–Crippen LogP) is 2.21. The molecule has 0 N–H and O–H groups in total. The largest absolute Gasteiger partial charge is 0.369 e. The maximum absolute atomic E-state index is 5.35. The Morgan fingerprint density at radius 1 is 1.56 bits per heavy atom. The van der Waals surface area contributed by atoms with Crippen molar-refractivity contribution >= 4 is 0 Å². The Bertz CT molecular complexity index is 112. The molecule has 0 bridgehead atoms. The Kier molecular flexibility index (Phi) is 1.35. The zero-order chi connectivity index (χ0) is 7.12. The Morgan fingerprint density at radius 3 is 2.11 bits per heavy atom. The van der Waals surface area contributed by atoms with E-state index in [4.69, 9.17) is 4.74 Å². The van der Waals surface area contributed by atoms with Crippen LogP contribution in [0.4, 0.5) is 0 Å². The topological polar surface area (TPSA) is 12.5 Å². The van der Waals surface area contributed by atoms with Crippen molar-refractivity contribution in [3.05, 3.63) is 0 Å². The van der Waals surface area contributed by atoms with Gasteiger partial charge in [-0.2, -0.15) is 0 Å². The molecule has 0 aliphatic carbocycles. The van der Waals surface area contributed by atoms with E-state index in [1.165, 1.54) is 6.42 Å². The molecule has 0 aromatic rings. The monoisotopic (exact) mass is 128 g/mol. The van der Waals surface area contributed by atoms with E-state index in [-0.39, 0.29) is 5.60 Å². The van der Waals surface area contributed by atoms with Crippen LogP contribution in [-0.4, -0.2) is 12.2 Å². The van der Waals surface area contributed by atoms with Gasteiger partial charge in [0.25, 0.3) is 0 Å². The maximum Gasteiger partial charge on any atom is 0.0939 e. The zero-order valence-corrected chi connectivity index (χ0v) is 6.82. The molecule has 0 aromatic carbocycles. The highest BCUT2D eigenvalue weighted by molar-refractivity contribution is 4.99. The summed E-state index contributed by atoms with van der Waals surface area (Å²) in [7, 11) is 0. The average Bonchev–Trinajstić information content (AvgIpc) is 2.49. The summed E-state index contributed by atoms with van der Waals surface area (Å²) in [6.45, 7) is 9.89. The molecular formula is C8H16O. The second kappa shape index (κ2) is 1.72. The molecule has 1 saturated heterocycles. The average molecular weight is 128 g/mol. The molecular weight excluding hydrogens is 112 g/mol. The van der Waals surface area contributed by atoms with Gasteiger partial charge in [0.2, 0.25) is 0 Å². The summed E-state index contributed by atoms with van der Waals surface area (Å²) in [6.07, 6.45) is 1.20. The standard InChI is InChI=1S/C8H16O/c1-5-7(2,3)8(4)6-9-8/h5-6H2,1-4H3. The van der Waals surface area contributed by atoms with Crippen molar-refractivity contribution in [1.29, 1.82) is 0 Å². The van der Waals surface area contributed by atoms with E-state index in [1.807, 2.05) is 0 Å². The first-order valence-electron chi connectivity index (χ1n) is 3.66. The highest BCUT2D eigenvalue weighted by atomic mass is 16.6. The van der Waals surface area contributed by atoms with E-state index in [0.29, 0.717) is 5.41 Å². The Labute approximate surface area is 57.4 Å². The summed E-state index contributed by atoms with van der Waals surface area (Å²) < 4.78 is 5.35. The molecule has 1 unspecified atom stereocenters. The molecule has 1 aliphatic heterocycles. The first-order chi connectivity index (χ1) is 4.02. The van der Waals surface area contributed by atoms with Gasteiger partial charge in [-0.05, 0) is 18.8 Å². The lowest BCUT2D eigenvalue weighted by Gasteiger charge is -2.27. The van der Waals surface area contributed by atoms with Crippen molar-refractivity contribution in [3.63, 3.8) is 0 Å². The quantitative estimate of drug-likeness (QED) is 0.519. The van der Waals surface area contributed by atoms with Crippen LogP contribution in [0.2, 0.25) is 0 Å². The summed E-state index contributed by atoms with van der Waals surface area (Å²) in [4.78, 5) is 0. The van der Waals surface area contributed by atoms with Crippen molar-refractivity contribution in [2.75, 3.05) is 6.61 Å². The molecule has 9 heavy (non-hydrogen) atoms. The van der Waals surface area contributed by atoms with E-state index in [2.05, 4.69) is 27.7 Å². The van der Waals surface area contributed by atoms with Gasteiger partial charge in [-0.3, -0.25) is 0 Å².